The maximum atomic E-state index is 11.3. The number of hydrogen-bond acceptors (Lipinski definition) is 4. The first-order chi connectivity index (χ1) is 6.72. The first-order valence-electron chi connectivity index (χ1n) is 4.40. The number of methoxy groups -OCH3 is 1. The van der Waals surface area contributed by atoms with Crippen molar-refractivity contribution in [2.45, 2.75) is 6.42 Å². The lowest BCUT2D eigenvalue weighted by atomic mass is 10.1. The fraction of sp³-hybridized carbons (Fsp3) is 0.300. The lowest BCUT2D eigenvalue weighted by Crippen LogP contribution is -2.06. The number of carbonyl (C=O) groups excluding carboxylic acids is 1. The van der Waals surface area contributed by atoms with Crippen molar-refractivity contribution < 1.29 is 9.53 Å². The highest BCUT2D eigenvalue weighted by Crippen LogP contribution is 2.30. The molecule has 2 rings (SSSR count). The van der Waals surface area contributed by atoms with Gasteiger partial charge in [0.15, 0.2) is 0 Å². The zero-order valence-electron chi connectivity index (χ0n) is 7.86. The summed E-state index contributed by atoms with van der Waals surface area (Å²) in [7, 11) is 1.38. The zero-order chi connectivity index (χ0) is 10.1. The molecule has 74 valence electrons. The van der Waals surface area contributed by atoms with E-state index in [4.69, 9.17) is 0 Å². The molecular weight excluding hydrogens is 198 g/mol. The largest absolute Gasteiger partial charge is 0.465 e. The molecule has 1 aromatic carbocycles. The molecule has 0 bridgehead atoms. The Balaban J connectivity index is 2.39. The van der Waals surface area contributed by atoms with Gasteiger partial charge in [0.2, 0.25) is 0 Å². The fourth-order valence-electron chi connectivity index (χ4n) is 1.61. The molecule has 1 aliphatic rings. The van der Waals surface area contributed by atoms with Gasteiger partial charge in [-0.3, -0.25) is 0 Å². The maximum absolute atomic E-state index is 11.3. The van der Waals surface area contributed by atoms with Crippen LogP contribution in [0.5, 0.6) is 0 Å². The maximum Gasteiger partial charge on any atom is 0.337 e. The third-order valence-corrected chi connectivity index (χ3v) is 2.79. The van der Waals surface area contributed by atoms with Crippen LogP contribution in [0.4, 0.5) is 5.69 Å². The highest BCUT2D eigenvalue weighted by Gasteiger charge is 2.18. The normalized spacial score (nSPS) is 14.0. The van der Waals surface area contributed by atoms with Crippen LogP contribution < -0.4 is 4.31 Å². The van der Waals surface area contributed by atoms with Crippen LogP contribution in [-0.2, 0) is 11.2 Å². The smallest absolute Gasteiger partial charge is 0.337 e. The number of nitrogens with zero attached hydrogens (tertiary/aromatic N) is 1. The van der Waals surface area contributed by atoms with Crippen molar-refractivity contribution in [2.75, 3.05) is 18.0 Å². The number of anilines is 1. The Labute approximate surface area is 88.2 Å². The fourth-order valence-corrected chi connectivity index (χ4v) is 1.89. The lowest BCUT2D eigenvalue weighted by molar-refractivity contribution is 0.0601. The van der Waals surface area contributed by atoms with Crippen molar-refractivity contribution >= 4 is 24.5 Å². The Hall–Kier alpha value is -1.16. The lowest BCUT2D eigenvalue weighted by Gasteiger charge is -2.10. The van der Waals surface area contributed by atoms with Crippen molar-refractivity contribution in [1.82, 2.24) is 0 Å². The molecule has 3 nitrogen and oxygen atoms in total. The quantitative estimate of drug-likeness (QED) is 0.563. The van der Waals surface area contributed by atoms with Crippen LogP contribution in [0.3, 0.4) is 0 Å². The molecule has 0 fully saturated rings. The van der Waals surface area contributed by atoms with Crippen molar-refractivity contribution in [2.24, 2.45) is 0 Å². The molecule has 1 heterocycles. The van der Waals surface area contributed by atoms with E-state index in [0.717, 1.165) is 18.7 Å². The van der Waals surface area contributed by atoms with Gasteiger partial charge in [0.25, 0.3) is 0 Å². The van der Waals surface area contributed by atoms with Gasteiger partial charge in [0.1, 0.15) is 0 Å². The summed E-state index contributed by atoms with van der Waals surface area (Å²) in [5, 5.41) is 0. The van der Waals surface area contributed by atoms with Crippen LogP contribution in [0, 0.1) is 0 Å². The van der Waals surface area contributed by atoms with Gasteiger partial charge in [-0.25, -0.2) is 4.79 Å². The summed E-state index contributed by atoms with van der Waals surface area (Å²) < 4.78 is 6.50. The van der Waals surface area contributed by atoms with E-state index in [-0.39, 0.29) is 5.97 Å². The monoisotopic (exact) mass is 209 g/mol. The third-order valence-electron chi connectivity index (χ3n) is 2.38. The van der Waals surface area contributed by atoms with Gasteiger partial charge in [0, 0.05) is 6.54 Å². The van der Waals surface area contributed by atoms with Crippen molar-refractivity contribution in [3.8, 4) is 0 Å². The van der Waals surface area contributed by atoms with E-state index in [9.17, 15) is 4.79 Å². The van der Waals surface area contributed by atoms with Gasteiger partial charge in [-0.2, -0.15) is 0 Å². The number of thiol groups is 1. The molecule has 1 aromatic rings. The number of benzene rings is 1. The van der Waals surface area contributed by atoms with Gasteiger partial charge in [-0.05, 0) is 24.1 Å². The summed E-state index contributed by atoms with van der Waals surface area (Å²) in [5.74, 6) is -0.304. The molecule has 0 saturated heterocycles. The average molecular weight is 209 g/mol. The molecule has 0 amide bonds. The highest BCUT2D eigenvalue weighted by atomic mass is 32.1. The summed E-state index contributed by atoms with van der Waals surface area (Å²) >= 11 is 4.30. The Kier molecular flexibility index (Phi) is 2.37. The molecule has 0 spiro atoms. The van der Waals surface area contributed by atoms with Crippen LogP contribution in [0.25, 0.3) is 0 Å². The van der Waals surface area contributed by atoms with E-state index in [1.54, 1.807) is 6.07 Å². The molecule has 0 radical (unpaired) electrons. The average Bonchev–Trinajstić information content (AvgIpc) is 2.59. The standard InChI is InChI=1S/C10H11NO2S/c1-13-10(12)8-3-2-7-4-5-11(14)9(7)6-8/h2-3,6,14H,4-5H2,1H3. The Morgan fingerprint density at radius 3 is 3.07 bits per heavy atom. The summed E-state index contributed by atoms with van der Waals surface area (Å²) in [6.07, 6.45) is 0.986. The van der Waals surface area contributed by atoms with Crippen LogP contribution >= 0.6 is 12.8 Å². The van der Waals surface area contributed by atoms with E-state index in [1.165, 1.54) is 12.7 Å². The van der Waals surface area contributed by atoms with Gasteiger partial charge in [-0.15, -0.1) is 0 Å². The number of hydrogen-bond donors (Lipinski definition) is 1. The Bertz CT molecular complexity index is 378. The van der Waals surface area contributed by atoms with E-state index < -0.39 is 0 Å². The van der Waals surface area contributed by atoms with Gasteiger partial charge < -0.3 is 9.04 Å². The molecule has 0 atom stereocenters. The molecular formula is C10H11NO2S. The molecule has 0 aliphatic carbocycles. The summed E-state index contributed by atoms with van der Waals surface area (Å²) in [6, 6.07) is 5.57. The minimum absolute atomic E-state index is 0.304. The molecule has 14 heavy (non-hydrogen) atoms. The van der Waals surface area contributed by atoms with Crippen LogP contribution in [0.15, 0.2) is 18.2 Å². The minimum atomic E-state index is -0.304. The molecule has 0 N–H and O–H groups in total. The van der Waals surface area contributed by atoms with Crippen LogP contribution in [0.2, 0.25) is 0 Å². The summed E-state index contributed by atoms with van der Waals surface area (Å²) in [6.45, 7) is 0.892. The van der Waals surface area contributed by atoms with Crippen LogP contribution in [0.1, 0.15) is 15.9 Å². The van der Waals surface area contributed by atoms with E-state index >= 15 is 0 Å². The van der Waals surface area contributed by atoms with E-state index in [2.05, 4.69) is 17.6 Å². The Morgan fingerprint density at radius 2 is 2.36 bits per heavy atom. The third kappa shape index (κ3) is 1.46. The number of carbonyl (C=O) groups is 1. The molecule has 4 heteroatoms. The van der Waals surface area contributed by atoms with Crippen molar-refractivity contribution in [3.05, 3.63) is 29.3 Å². The van der Waals surface area contributed by atoms with E-state index in [0.29, 0.717) is 5.56 Å². The molecule has 0 saturated carbocycles. The van der Waals surface area contributed by atoms with Crippen molar-refractivity contribution in [3.63, 3.8) is 0 Å². The van der Waals surface area contributed by atoms with Crippen molar-refractivity contribution in [1.29, 1.82) is 0 Å². The Morgan fingerprint density at radius 1 is 1.57 bits per heavy atom. The second kappa shape index (κ2) is 3.53. The topological polar surface area (TPSA) is 29.5 Å². The second-order valence-electron chi connectivity index (χ2n) is 3.21. The van der Waals surface area contributed by atoms with Gasteiger partial charge in [0.05, 0.1) is 18.4 Å². The van der Waals surface area contributed by atoms with Gasteiger partial charge >= 0.3 is 5.97 Å². The predicted molar refractivity (Wildman–Crippen MR) is 57.8 cm³/mol. The second-order valence-corrected chi connectivity index (χ2v) is 3.69. The number of ether oxygens (including phenoxy) is 1. The first kappa shape index (κ1) is 9.40. The zero-order valence-corrected chi connectivity index (χ0v) is 8.75. The molecule has 1 aliphatic heterocycles. The number of fused-ring (bicyclic) bond motifs is 1. The number of rotatable bonds is 1. The SMILES string of the molecule is COC(=O)c1ccc2c(c1)N(S)CC2. The first-order valence-corrected chi connectivity index (χ1v) is 4.80. The minimum Gasteiger partial charge on any atom is -0.465 e. The molecule has 0 aromatic heterocycles. The van der Waals surface area contributed by atoms with Crippen LogP contribution in [-0.4, -0.2) is 19.6 Å². The summed E-state index contributed by atoms with van der Waals surface area (Å²) in [5.41, 5.74) is 2.82. The predicted octanol–water partition coefficient (Wildman–Crippen LogP) is 1.68. The molecule has 0 unspecified atom stereocenters. The highest BCUT2D eigenvalue weighted by molar-refractivity contribution is 7.81. The van der Waals surface area contributed by atoms with Gasteiger partial charge in [-0.1, -0.05) is 18.9 Å². The number of esters is 1. The summed E-state index contributed by atoms with van der Waals surface area (Å²) in [4.78, 5) is 11.3. The van der Waals surface area contributed by atoms with E-state index in [1.807, 2.05) is 16.4 Å².